The van der Waals surface area contributed by atoms with Gasteiger partial charge in [0.2, 0.25) is 0 Å². The molecule has 4 aromatic rings. The van der Waals surface area contributed by atoms with E-state index in [0.29, 0.717) is 0 Å². The van der Waals surface area contributed by atoms with Crippen LogP contribution in [-0.2, 0) is 7.05 Å². The summed E-state index contributed by atoms with van der Waals surface area (Å²) >= 11 is 0.816. The van der Waals surface area contributed by atoms with Gasteiger partial charge < -0.3 is 15.5 Å². The van der Waals surface area contributed by atoms with Gasteiger partial charge in [0, 0.05) is 24.2 Å². The molecule has 0 saturated carbocycles. The largest absolute Gasteiger partial charge is 0.464 e. The number of halogens is 2. The third-order valence-corrected chi connectivity index (χ3v) is 5.20. The van der Waals surface area contributed by atoms with E-state index in [-0.39, 0.29) is 37.8 Å². The van der Waals surface area contributed by atoms with Gasteiger partial charge in [0.05, 0.1) is 12.0 Å². The topological polar surface area (TPSA) is 116 Å². The van der Waals surface area contributed by atoms with Crippen molar-refractivity contribution in [3.8, 4) is 11.3 Å². The van der Waals surface area contributed by atoms with E-state index in [1.54, 1.807) is 25.4 Å². The Bertz CT molecular complexity index is 1230. The molecule has 0 fully saturated rings. The number of amides is 2. The molecule has 0 spiro atoms. The second-order valence-corrected chi connectivity index (χ2v) is 7.05. The zero-order chi connectivity index (χ0) is 20.7. The number of furan rings is 1. The summed E-state index contributed by atoms with van der Waals surface area (Å²) in [6.45, 7) is 0. The standard InChI is InChI=1S/C18H13F2N5O3S/c1-25-5-4-9(24-25)17(27)23-13-12-8(11-3-2-6-28-11)7-10(15(19)20)22-18(12)29-14(13)16(21)26/h2-7,15H,1H3,(H2,21,26)(H,23,27). The molecule has 4 rings (SSSR count). The van der Waals surface area contributed by atoms with E-state index in [1.807, 2.05) is 0 Å². The van der Waals surface area contributed by atoms with Gasteiger partial charge in [0.1, 0.15) is 21.2 Å². The number of carbonyl (C=O) groups is 2. The van der Waals surface area contributed by atoms with Gasteiger partial charge in [-0.05, 0) is 24.3 Å². The lowest BCUT2D eigenvalue weighted by molar-refractivity contribution is 0.100. The number of carbonyl (C=O) groups excluding carboxylic acids is 2. The van der Waals surface area contributed by atoms with Gasteiger partial charge in [-0.25, -0.2) is 13.8 Å². The average molecular weight is 417 g/mol. The van der Waals surface area contributed by atoms with Crippen LogP contribution in [-0.4, -0.2) is 26.6 Å². The summed E-state index contributed by atoms with van der Waals surface area (Å²) in [6.07, 6.45) is 0.135. The molecule has 0 aliphatic heterocycles. The van der Waals surface area contributed by atoms with Crippen LogP contribution in [0, 0.1) is 0 Å². The minimum absolute atomic E-state index is 0.0176. The first-order valence-corrected chi connectivity index (χ1v) is 9.07. The molecule has 0 saturated heterocycles. The molecule has 2 amide bonds. The van der Waals surface area contributed by atoms with Gasteiger partial charge in [0.25, 0.3) is 18.2 Å². The second kappa shape index (κ2) is 7.09. The second-order valence-electron chi connectivity index (χ2n) is 6.05. The average Bonchev–Trinajstić information content (AvgIpc) is 3.40. The fourth-order valence-corrected chi connectivity index (χ4v) is 3.88. The van der Waals surface area contributed by atoms with E-state index >= 15 is 0 Å². The van der Waals surface area contributed by atoms with Crippen molar-refractivity contribution < 1.29 is 22.8 Å². The molecule has 29 heavy (non-hydrogen) atoms. The molecule has 0 aliphatic rings. The Morgan fingerprint density at radius 2 is 2.14 bits per heavy atom. The summed E-state index contributed by atoms with van der Waals surface area (Å²) in [6, 6.07) is 5.83. The van der Waals surface area contributed by atoms with Gasteiger partial charge in [-0.1, -0.05) is 0 Å². The van der Waals surface area contributed by atoms with Crippen molar-refractivity contribution in [1.82, 2.24) is 14.8 Å². The number of hydrogen-bond donors (Lipinski definition) is 2. The summed E-state index contributed by atoms with van der Waals surface area (Å²) in [5.74, 6) is -1.13. The number of alkyl halides is 2. The first-order valence-electron chi connectivity index (χ1n) is 8.25. The molecule has 0 aliphatic carbocycles. The van der Waals surface area contributed by atoms with Crippen LogP contribution in [0.5, 0.6) is 0 Å². The molecule has 8 nitrogen and oxygen atoms in total. The predicted octanol–water partition coefficient (Wildman–Crippen LogP) is 3.58. The highest BCUT2D eigenvalue weighted by Crippen LogP contribution is 2.42. The number of pyridine rings is 1. The number of fused-ring (bicyclic) bond motifs is 1. The van der Waals surface area contributed by atoms with E-state index in [0.717, 1.165) is 11.3 Å². The van der Waals surface area contributed by atoms with Crippen LogP contribution < -0.4 is 11.1 Å². The monoisotopic (exact) mass is 417 g/mol. The van der Waals surface area contributed by atoms with E-state index in [9.17, 15) is 18.4 Å². The first-order chi connectivity index (χ1) is 13.8. The molecule has 148 valence electrons. The van der Waals surface area contributed by atoms with Gasteiger partial charge in [0.15, 0.2) is 5.69 Å². The zero-order valence-corrected chi connectivity index (χ0v) is 15.7. The number of anilines is 1. The number of nitrogens with two attached hydrogens (primary N) is 1. The Balaban J connectivity index is 1.95. The number of aromatic nitrogens is 3. The van der Waals surface area contributed by atoms with Crippen LogP contribution in [0.2, 0.25) is 0 Å². The van der Waals surface area contributed by atoms with Gasteiger partial charge in [-0.2, -0.15) is 5.10 Å². The van der Waals surface area contributed by atoms with Crippen molar-refractivity contribution in [2.45, 2.75) is 6.43 Å². The van der Waals surface area contributed by atoms with E-state index in [2.05, 4.69) is 15.4 Å². The van der Waals surface area contributed by atoms with Crippen molar-refractivity contribution >= 4 is 39.1 Å². The quantitative estimate of drug-likeness (QED) is 0.515. The van der Waals surface area contributed by atoms with E-state index in [4.69, 9.17) is 10.2 Å². The van der Waals surface area contributed by atoms with Crippen molar-refractivity contribution in [1.29, 1.82) is 0 Å². The number of aryl methyl sites for hydroxylation is 1. The fraction of sp³-hybridized carbons (Fsp3) is 0.111. The number of rotatable bonds is 5. The number of hydrogen-bond acceptors (Lipinski definition) is 6. The normalized spacial score (nSPS) is 11.3. The molecular formula is C18H13F2N5O3S. The number of nitrogens with one attached hydrogen (secondary N) is 1. The maximum Gasteiger partial charge on any atom is 0.280 e. The summed E-state index contributed by atoms with van der Waals surface area (Å²) in [5, 5.41) is 6.92. The Kier molecular flexibility index (Phi) is 4.59. The Labute approximate surface area is 165 Å². The van der Waals surface area contributed by atoms with Crippen LogP contribution in [0.1, 0.15) is 32.3 Å². The molecule has 0 unspecified atom stereocenters. The molecule has 4 heterocycles. The van der Waals surface area contributed by atoms with E-state index in [1.165, 1.54) is 23.1 Å². The predicted molar refractivity (Wildman–Crippen MR) is 102 cm³/mol. The molecule has 0 aromatic carbocycles. The maximum absolute atomic E-state index is 13.4. The van der Waals surface area contributed by atoms with Crippen molar-refractivity contribution in [3.63, 3.8) is 0 Å². The number of nitrogens with zero attached hydrogens (tertiary/aromatic N) is 3. The highest BCUT2D eigenvalue weighted by Gasteiger charge is 2.26. The lowest BCUT2D eigenvalue weighted by atomic mass is 10.1. The van der Waals surface area contributed by atoms with Crippen molar-refractivity contribution in [2.75, 3.05) is 5.32 Å². The highest BCUT2D eigenvalue weighted by atomic mass is 32.1. The molecule has 0 radical (unpaired) electrons. The molecule has 0 atom stereocenters. The molecule has 4 aromatic heterocycles. The lowest BCUT2D eigenvalue weighted by Gasteiger charge is -2.08. The van der Waals surface area contributed by atoms with Crippen LogP contribution in [0.4, 0.5) is 14.5 Å². The summed E-state index contributed by atoms with van der Waals surface area (Å²) < 4.78 is 33.5. The Hall–Kier alpha value is -3.60. The van der Waals surface area contributed by atoms with Gasteiger partial charge in [-0.15, -0.1) is 11.3 Å². The minimum Gasteiger partial charge on any atom is -0.464 e. The molecule has 0 bridgehead atoms. The highest BCUT2D eigenvalue weighted by molar-refractivity contribution is 7.21. The lowest BCUT2D eigenvalue weighted by Crippen LogP contribution is -2.17. The zero-order valence-electron chi connectivity index (χ0n) is 14.8. The Morgan fingerprint density at radius 1 is 1.34 bits per heavy atom. The van der Waals surface area contributed by atoms with Crippen molar-refractivity contribution in [2.24, 2.45) is 12.8 Å². The number of primary amides is 1. The Morgan fingerprint density at radius 3 is 2.72 bits per heavy atom. The molecule has 11 heteroatoms. The van der Waals surface area contributed by atoms with Crippen LogP contribution in [0.3, 0.4) is 0 Å². The fourth-order valence-electron chi connectivity index (χ4n) is 2.86. The molecular weight excluding hydrogens is 404 g/mol. The van der Waals surface area contributed by atoms with Gasteiger partial charge in [-0.3, -0.25) is 14.3 Å². The summed E-state index contributed by atoms with van der Waals surface area (Å²) in [5.41, 5.74) is 5.43. The maximum atomic E-state index is 13.4. The minimum atomic E-state index is -2.83. The van der Waals surface area contributed by atoms with Crippen LogP contribution in [0.25, 0.3) is 21.5 Å². The van der Waals surface area contributed by atoms with Crippen molar-refractivity contribution in [3.05, 3.63) is 53.0 Å². The van der Waals surface area contributed by atoms with Gasteiger partial charge >= 0.3 is 0 Å². The van der Waals surface area contributed by atoms with E-state index < -0.39 is 23.9 Å². The van der Waals surface area contributed by atoms with Crippen LogP contribution >= 0.6 is 11.3 Å². The molecule has 3 N–H and O–H groups in total. The third-order valence-electron chi connectivity index (χ3n) is 4.10. The number of thiophene rings is 1. The summed E-state index contributed by atoms with van der Waals surface area (Å²) in [4.78, 5) is 28.7. The van der Waals surface area contributed by atoms with Crippen LogP contribution in [0.15, 0.2) is 41.1 Å². The SMILES string of the molecule is Cn1ccc(C(=O)Nc2c(C(N)=O)sc3nc(C(F)F)cc(-c4ccco4)c23)n1. The smallest absolute Gasteiger partial charge is 0.280 e. The third kappa shape index (κ3) is 3.36. The summed E-state index contributed by atoms with van der Waals surface area (Å²) in [7, 11) is 1.65. The first kappa shape index (κ1) is 18.7.